The van der Waals surface area contributed by atoms with Crippen LogP contribution in [0.2, 0.25) is 0 Å². The van der Waals surface area contributed by atoms with Crippen LogP contribution in [-0.2, 0) is 12.8 Å². The van der Waals surface area contributed by atoms with Crippen molar-refractivity contribution in [2.75, 3.05) is 18.8 Å². The third kappa shape index (κ3) is 3.05. The number of likely N-dealkylation sites (tertiary alicyclic amines) is 1. The van der Waals surface area contributed by atoms with Gasteiger partial charge in [-0.25, -0.2) is 4.98 Å². The minimum atomic E-state index is 0. The van der Waals surface area contributed by atoms with Gasteiger partial charge in [-0.05, 0) is 45.2 Å². The summed E-state index contributed by atoms with van der Waals surface area (Å²) < 4.78 is 0. The molecule has 0 bridgehead atoms. The van der Waals surface area contributed by atoms with E-state index in [1.165, 1.54) is 49.3 Å². The standard InChI is InChI=1S/C11H17N3S.2ClH/c12-11-13-9-4-3-8(7-10(9)15-11)14-5-1-2-6-14;;/h8H,1-7H2,(H2,12,13);2*1H. The Labute approximate surface area is 119 Å². The Morgan fingerprint density at radius 3 is 2.65 bits per heavy atom. The Morgan fingerprint density at radius 1 is 1.24 bits per heavy atom. The van der Waals surface area contributed by atoms with Crippen LogP contribution in [0.25, 0.3) is 0 Å². The molecule has 1 aromatic heterocycles. The summed E-state index contributed by atoms with van der Waals surface area (Å²) in [5, 5.41) is 0.752. The quantitative estimate of drug-likeness (QED) is 0.866. The van der Waals surface area contributed by atoms with Crippen molar-refractivity contribution in [1.29, 1.82) is 0 Å². The zero-order valence-corrected chi connectivity index (χ0v) is 12.2. The Hall–Kier alpha value is -0.0300. The van der Waals surface area contributed by atoms with E-state index in [1.807, 2.05) is 0 Å². The van der Waals surface area contributed by atoms with E-state index in [9.17, 15) is 0 Å². The number of hydrogen-bond acceptors (Lipinski definition) is 4. The van der Waals surface area contributed by atoms with Crippen molar-refractivity contribution in [2.45, 2.75) is 38.1 Å². The maximum Gasteiger partial charge on any atom is 0.180 e. The van der Waals surface area contributed by atoms with E-state index in [4.69, 9.17) is 5.73 Å². The second-order valence-corrected chi connectivity index (χ2v) is 5.68. The van der Waals surface area contributed by atoms with Gasteiger partial charge in [0.1, 0.15) is 0 Å². The molecule has 1 aliphatic carbocycles. The molecule has 1 saturated heterocycles. The number of nitrogens with two attached hydrogens (primary N) is 1. The third-order valence-corrected chi connectivity index (χ3v) is 4.54. The molecule has 6 heteroatoms. The van der Waals surface area contributed by atoms with Crippen molar-refractivity contribution in [3.05, 3.63) is 10.6 Å². The fourth-order valence-electron chi connectivity index (χ4n) is 2.80. The molecule has 3 nitrogen and oxygen atoms in total. The number of aryl methyl sites for hydroxylation is 1. The lowest BCUT2D eigenvalue weighted by Gasteiger charge is -2.30. The highest BCUT2D eigenvalue weighted by Gasteiger charge is 2.27. The average molecular weight is 296 g/mol. The van der Waals surface area contributed by atoms with Crippen molar-refractivity contribution in [1.82, 2.24) is 9.88 Å². The summed E-state index contributed by atoms with van der Waals surface area (Å²) in [5.41, 5.74) is 7.02. The number of anilines is 1. The number of nitrogen functional groups attached to an aromatic ring is 1. The topological polar surface area (TPSA) is 42.1 Å². The molecule has 0 spiro atoms. The molecule has 1 atom stereocenters. The zero-order valence-electron chi connectivity index (χ0n) is 9.72. The van der Waals surface area contributed by atoms with Crippen molar-refractivity contribution >= 4 is 41.3 Å². The fraction of sp³-hybridized carbons (Fsp3) is 0.727. The second-order valence-electron chi connectivity index (χ2n) is 4.56. The van der Waals surface area contributed by atoms with Gasteiger partial charge in [0.15, 0.2) is 5.13 Å². The lowest BCUT2D eigenvalue weighted by atomic mass is 9.96. The van der Waals surface area contributed by atoms with E-state index in [2.05, 4.69) is 9.88 Å². The molecule has 17 heavy (non-hydrogen) atoms. The molecule has 98 valence electrons. The summed E-state index contributed by atoms with van der Waals surface area (Å²) in [6.07, 6.45) is 6.35. The van der Waals surface area contributed by atoms with Gasteiger partial charge in [0.2, 0.25) is 0 Å². The van der Waals surface area contributed by atoms with Gasteiger partial charge >= 0.3 is 0 Å². The first-order valence-electron chi connectivity index (χ1n) is 5.81. The first kappa shape index (κ1) is 15.0. The molecule has 1 fully saturated rings. The maximum atomic E-state index is 5.75. The van der Waals surface area contributed by atoms with Crippen LogP contribution in [0.3, 0.4) is 0 Å². The van der Waals surface area contributed by atoms with Crippen molar-refractivity contribution < 1.29 is 0 Å². The molecule has 3 rings (SSSR count). The molecule has 0 aromatic carbocycles. The average Bonchev–Trinajstić information content (AvgIpc) is 2.82. The maximum absolute atomic E-state index is 5.75. The number of halogens is 2. The molecule has 0 radical (unpaired) electrons. The number of nitrogens with zero attached hydrogens (tertiary/aromatic N) is 2. The lowest BCUT2D eigenvalue weighted by molar-refractivity contribution is 0.223. The normalized spacial score (nSPS) is 23.6. The smallest absolute Gasteiger partial charge is 0.180 e. The monoisotopic (exact) mass is 295 g/mol. The van der Waals surface area contributed by atoms with Gasteiger partial charge in [0.05, 0.1) is 5.69 Å². The molecular weight excluding hydrogens is 277 g/mol. The third-order valence-electron chi connectivity index (χ3n) is 3.59. The van der Waals surface area contributed by atoms with Gasteiger partial charge in [-0.1, -0.05) is 0 Å². The number of fused-ring (bicyclic) bond motifs is 1. The molecule has 0 amide bonds. The highest BCUT2D eigenvalue weighted by Crippen LogP contribution is 2.31. The summed E-state index contributed by atoms with van der Waals surface area (Å²) in [6, 6.07) is 0.764. The molecule has 1 aromatic rings. The molecule has 2 N–H and O–H groups in total. The highest BCUT2D eigenvalue weighted by molar-refractivity contribution is 7.15. The lowest BCUT2D eigenvalue weighted by Crippen LogP contribution is -2.36. The van der Waals surface area contributed by atoms with Gasteiger partial charge in [-0.15, -0.1) is 36.2 Å². The number of aromatic nitrogens is 1. The number of hydrogen-bond donors (Lipinski definition) is 1. The fourth-order valence-corrected chi connectivity index (χ4v) is 3.75. The SMILES string of the molecule is Cl.Cl.Nc1nc2c(s1)CC(N1CCCC1)CC2. The summed E-state index contributed by atoms with van der Waals surface area (Å²) in [5.74, 6) is 0. The Kier molecular flexibility index (Phi) is 5.51. The minimum Gasteiger partial charge on any atom is -0.375 e. The summed E-state index contributed by atoms with van der Waals surface area (Å²) in [4.78, 5) is 8.48. The first-order chi connectivity index (χ1) is 7.33. The van der Waals surface area contributed by atoms with E-state index >= 15 is 0 Å². The van der Waals surface area contributed by atoms with Gasteiger partial charge in [0.25, 0.3) is 0 Å². The van der Waals surface area contributed by atoms with Gasteiger partial charge in [0, 0.05) is 10.9 Å². The van der Waals surface area contributed by atoms with Crippen LogP contribution in [0.4, 0.5) is 5.13 Å². The van der Waals surface area contributed by atoms with Crippen molar-refractivity contribution in [2.24, 2.45) is 0 Å². The van der Waals surface area contributed by atoms with Gasteiger partial charge < -0.3 is 10.6 Å². The number of rotatable bonds is 1. The largest absolute Gasteiger partial charge is 0.375 e. The minimum absolute atomic E-state index is 0. The van der Waals surface area contributed by atoms with E-state index in [0.717, 1.165) is 17.6 Å². The molecule has 0 saturated carbocycles. The van der Waals surface area contributed by atoms with Crippen LogP contribution < -0.4 is 5.73 Å². The van der Waals surface area contributed by atoms with Crippen LogP contribution in [-0.4, -0.2) is 29.0 Å². The highest BCUT2D eigenvalue weighted by atomic mass is 35.5. The van der Waals surface area contributed by atoms with E-state index < -0.39 is 0 Å². The van der Waals surface area contributed by atoms with Gasteiger partial charge in [-0.2, -0.15) is 0 Å². The van der Waals surface area contributed by atoms with Crippen LogP contribution in [0.15, 0.2) is 0 Å². The predicted octanol–water partition coefficient (Wildman–Crippen LogP) is 2.52. The van der Waals surface area contributed by atoms with Crippen LogP contribution >= 0.6 is 36.2 Å². The Balaban J connectivity index is 0.000000722. The van der Waals surface area contributed by atoms with Crippen LogP contribution in [0.1, 0.15) is 29.8 Å². The van der Waals surface area contributed by atoms with Crippen molar-refractivity contribution in [3.63, 3.8) is 0 Å². The van der Waals surface area contributed by atoms with Crippen LogP contribution in [0.5, 0.6) is 0 Å². The zero-order chi connectivity index (χ0) is 10.3. The molecule has 1 aliphatic heterocycles. The second kappa shape index (κ2) is 6.23. The molecule has 2 heterocycles. The van der Waals surface area contributed by atoms with Gasteiger partial charge in [-0.3, -0.25) is 0 Å². The number of thiazole rings is 1. The summed E-state index contributed by atoms with van der Waals surface area (Å²) >= 11 is 1.69. The van der Waals surface area contributed by atoms with Crippen molar-refractivity contribution in [3.8, 4) is 0 Å². The molecule has 2 aliphatic rings. The Bertz CT molecular complexity index is 364. The predicted molar refractivity (Wildman–Crippen MR) is 77.6 cm³/mol. The summed E-state index contributed by atoms with van der Waals surface area (Å²) in [6.45, 7) is 2.60. The molecular formula is C11H19Cl2N3S. The van der Waals surface area contributed by atoms with E-state index in [0.29, 0.717) is 0 Å². The van der Waals surface area contributed by atoms with E-state index in [-0.39, 0.29) is 24.8 Å². The van der Waals surface area contributed by atoms with E-state index in [1.54, 1.807) is 11.3 Å². The van der Waals surface area contributed by atoms with Crippen LogP contribution in [0, 0.1) is 0 Å². The first-order valence-corrected chi connectivity index (χ1v) is 6.62. The summed E-state index contributed by atoms with van der Waals surface area (Å²) in [7, 11) is 0. The Morgan fingerprint density at radius 2 is 1.94 bits per heavy atom. The molecule has 1 unspecified atom stereocenters.